The number of hydrogen-bond donors (Lipinski definition) is 1. The van der Waals surface area contributed by atoms with Crippen LogP contribution < -0.4 is 0 Å². The second-order valence-corrected chi connectivity index (χ2v) is 8.40. The van der Waals surface area contributed by atoms with Crippen LogP contribution in [-0.2, 0) is 15.6 Å². The molecule has 0 amide bonds. The van der Waals surface area contributed by atoms with E-state index in [1.807, 2.05) is 13.8 Å². The maximum atomic E-state index is 12.8. The highest BCUT2D eigenvalue weighted by Crippen LogP contribution is 2.33. The van der Waals surface area contributed by atoms with E-state index in [0.29, 0.717) is 25.1 Å². The summed E-state index contributed by atoms with van der Waals surface area (Å²) >= 11 is 0. The molecule has 1 N–H and O–H groups in total. The van der Waals surface area contributed by atoms with Gasteiger partial charge in [-0.25, -0.2) is 13.1 Å². The Morgan fingerprint density at radius 2 is 1.96 bits per heavy atom. The number of aromatic nitrogens is 3. The zero-order chi connectivity index (χ0) is 17.4. The molecule has 0 radical (unpaired) electrons. The minimum absolute atomic E-state index is 0.0129. The molecule has 1 aliphatic heterocycles. The van der Waals surface area contributed by atoms with Gasteiger partial charge in [-0.2, -0.15) is 4.31 Å². The molecule has 2 aromatic rings. The van der Waals surface area contributed by atoms with Crippen LogP contribution in [0.3, 0.4) is 0 Å². The Morgan fingerprint density at radius 1 is 1.25 bits per heavy atom. The van der Waals surface area contributed by atoms with Crippen molar-refractivity contribution in [1.82, 2.24) is 19.3 Å². The SMILES string of the molecule is CC(C)n1cc([C@@]2(O)CCCN(S(=O)(=O)c3ccccc3)C2)nn1. The standard InChI is InChI=1S/C16H22N4O3S/c1-13(2)20-11-15(17-18-20)16(21)9-6-10-19(12-16)24(22,23)14-7-4-3-5-8-14/h3-5,7-8,11,13,21H,6,9-10,12H2,1-2H3/t16-/m1/s1. The van der Waals surface area contributed by atoms with Gasteiger partial charge in [0.25, 0.3) is 0 Å². The van der Waals surface area contributed by atoms with Crippen molar-refractivity contribution in [1.29, 1.82) is 0 Å². The van der Waals surface area contributed by atoms with E-state index in [9.17, 15) is 13.5 Å². The molecule has 1 aromatic heterocycles. The van der Waals surface area contributed by atoms with Crippen LogP contribution in [0.15, 0.2) is 41.4 Å². The molecule has 3 rings (SSSR count). The van der Waals surface area contributed by atoms with E-state index >= 15 is 0 Å². The molecule has 1 aliphatic rings. The highest BCUT2D eigenvalue weighted by atomic mass is 32.2. The minimum Gasteiger partial charge on any atom is -0.382 e. The normalized spacial score (nSPS) is 22.8. The van der Waals surface area contributed by atoms with Crippen LogP contribution in [-0.4, -0.2) is 45.9 Å². The molecule has 1 aromatic carbocycles. The van der Waals surface area contributed by atoms with Crippen LogP contribution in [0.4, 0.5) is 0 Å². The minimum atomic E-state index is -3.63. The number of hydrogen-bond acceptors (Lipinski definition) is 5. The second-order valence-electron chi connectivity index (χ2n) is 6.46. The average molecular weight is 350 g/mol. The third-order valence-electron chi connectivity index (χ3n) is 4.33. The van der Waals surface area contributed by atoms with Gasteiger partial charge < -0.3 is 5.11 Å². The number of sulfonamides is 1. The van der Waals surface area contributed by atoms with Gasteiger partial charge in [-0.1, -0.05) is 23.4 Å². The number of nitrogens with zero attached hydrogens (tertiary/aromatic N) is 4. The maximum absolute atomic E-state index is 12.8. The van der Waals surface area contributed by atoms with Crippen LogP contribution in [0.25, 0.3) is 0 Å². The van der Waals surface area contributed by atoms with E-state index in [4.69, 9.17) is 0 Å². The van der Waals surface area contributed by atoms with E-state index in [2.05, 4.69) is 10.3 Å². The van der Waals surface area contributed by atoms with Gasteiger partial charge in [0.15, 0.2) is 0 Å². The summed E-state index contributed by atoms with van der Waals surface area (Å²) in [6.45, 7) is 4.31. The summed E-state index contributed by atoms with van der Waals surface area (Å²) in [4.78, 5) is 0.236. The van der Waals surface area contributed by atoms with Gasteiger partial charge in [-0.3, -0.25) is 0 Å². The van der Waals surface area contributed by atoms with E-state index in [-0.39, 0.29) is 17.5 Å². The average Bonchev–Trinajstić information content (AvgIpc) is 3.07. The first-order chi connectivity index (χ1) is 11.3. The first kappa shape index (κ1) is 17.1. The zero-order valence-corrected chi connectivity index (χ0v) is 14.6. The van der Waals surface area contributed by atoms with Crippen molar-refractivity contribution in [2.75, 3.05) is 13.1 Å². The molecule has 1 saturated heterocycles. The first-order valence-corrected chi connectivity index (χ1v) is 9.47. The number of β-amino-alcohol motifs (C(OH)–C–C–N with tert-alkyl or cyclic N) is 1. The molecule has 130 valence electrons. The summed E-state index contributed by atoms with van der Waals surface area (Å²) in [5.41, 5.74) is -0.892. The summed E-state index contributed by atoms with van der Waals surface area (Å²) in [7, 11) is -3.63. The van der Waals surface area contributed by atoms with Gasteiger partial charge in [0.1, 0.15) is 11.3 Å². The van der Waals surface area contributed by atoms with Crippen LogP contribution in [0, 0.1) is 0 Å². The number of rotatable bonds is 4. The molecular weight excluding hydrogens is 328 g/mol. The van der Waals surface area contributed by atoms with Gasteiger partial charge in [0, 0.05) is 19.1 Å². The summed E-state index contributed by atoms with van der Waals surface area (Å²) in [5, 5.41) is 19.1. The molecule has 7 nitrogen and oxygen atoms in total. The highest BCUT2D eigenvalue weighted by Gasteiger charge is 2.41. The first-order valence-electron chi connectivity index (χ1n) is 8.03. The summed E-state index contributed by atoms with van der Waals surface area (Å²) in [5.74, 6) is 0. The second kappa shape index (κ2) is 6.27. The fourth-order valence-electron chi connectivity index (χ4n) is 2.90. The number of piperidine rings is 1. The highest BCUT2D eigenvalue weighted by molar-refractivity contribution is 7.89. The molecule has 0 aliphatic carbocycles. The Bertz CT molecular complexity index is 804. The molecule has 1 atom stereocenters. The lowest BCUT2D eigenvalue weighted by Gasteiger charge is -2.37. The predicted octanol–water partition coefficient (Wildman–Crippen LogP) is 1.53. The number of aliphatic hydroxyl groups is 1. The van der Waals surface area contributed by atoms with Crippen molar-refractivity contribution in [3.8, 4) is 0 Å². The molecule has 8 heteroatoms. The fraction of sp³-hybridized carbons (Fsp3) is 0.500. The van der Waals surface area contributed by atoms with Gasteiger partial charge in [-0.05, 0) is 38.8 Å². The Kier molecular flexibility index (Phi) is 4.46. The Balaban J connectivity index is 1.88. The lowest BCUT2D eigenvalue weighted by Crippen LogP contribution is -2.48. The summed E-state index contributed by atoms with van der Waals surface area (Å²) < 4.78 is 28.6. The van der Waals surface area contributed by atoms with Gasteiger partial charge in [0.05, 0.1) is 11.1 Å². The van der Waals surface area contributed by atoms with Crippen molar-refractivity contribution in [2.24, 2.45) is 0 Å². The van der Waals surface area contributed by atoms with Crippen molar-refractivity contribution < 1.29 is 13.5 Å². The Labute approximate surface area is 142 Å². The predicted molar refractivity (Wildman–Crippen MR) is 88.7 cm³/mol. The van der Waals surface area contributed by atoms with Crippen molar-refractivity contribution in [3.63, 3.8) is 0 Å². The van der Waals surface area contributed by atoms with Gasteiger partial charge in [-0.15, -0.1) is 5.10 Å². The Hall–Kier alpha value is -1.77. The monoisotopic (exact) mass is 350 g/mol. The smallest absolute Gasteiger partial charge is 0.243 e. The fourth-order valence-corrected chi connectivity index (χ4v) is 4.45. The Morgan fingerprint density at radius 3 is 2.58 bits per heavy atom. The maximum Gasteiger partial charge on any atom is 0.243 e. The van der Waals surface area contributed by atoms with Crippen molar-refractivity contribution >= 4 is 10.0 Å². The van der Waals surface area contributed by atoms with Crippen LogP contribution in [0.1, 0.15) is 38.4 Å². The molecule has 2 heterocycles. The third-order valence-corrected chi connectivity index (χ3v) is 6.19. The molecule has 0 saturated carbocycles. The molecule has 0 unspecified atom stereocenters. The lowest BCUT2D eigenvalue weighted by molar-refractivity contribution is -0.0161. The van der Waals surface area contributed by atoms with E-state index in [1.165, 1.54) is 4.31 Å². The summed E-state index contributed by atoms with van der Waals surface area (Å²) in [6, 6.07) is 8.42. The lowest BCUT2D eigenvalue weighted by atomic mass is 9.91. The van der Waals surface area contributed by atoms with Crippen LogP contribution >= 0.6 is 0 Å². The van der Waals surface area contributed by atoms with Crippen LogP contribution in [0.2, 0.25) is 0 Å². The van der Waals surface area contributed by atoms with Crippen molar-refractivity contribution in [3.05, 3.63) is 42.2 Å². The molecule has 0 bridgehead atoms. The molecule has 1 fully saturated rings. The summed E-state index contributed by atoms with van der Waals surface area (Å²) in [6.07, 6.45) is 2.73. The van der Waals surface area contributed by atoms with Gasteiger partial charge in [0.2, 0.25) is 10.0 Å². The van der Waals surface area contributed by atoms with E-state index in [0.717, 1.165) is 0 Å². The largest absolute Gasteiger partial charge is 0.382 e. The quantitative estimate of drug-likeness (QED) is 0.903. The molecular formula is C16H22N4O3S. The molecule has 0 spiro atoms. The van der Waals surface area contributed by atoms with Gasteiger partial charge >= 0.3 is 0 Å². The van der Waals surface area contributed by atoms with E-state index in [1.54, 1.807) is 41.2 Å². The third kappa shape index (κ3) is 3.09. The van der Waals surface area contributed by atoms with E-state index < -0.39 is 15.6 Å². The number of benzene rings is 1. The molecule has 24 heavy (non-hydrogen) atoms. The van der Waals surface area contributed by atoms with Crippen LogP contribution in [0.5, 0.6) is 0 Å². The van der Waals surface area contributed by atoms with Crippen molar-refractivity contribution in [2.45, 2.75) is 43.2 Å². The topological polar surface area (TPSA) is 88.3 Å². The zero-order valence-electron chi connectivity index (χ0n) is 13.8.